The van der Waals surface area contributed by atoms with Crippen LogP contribution < -0.4 is 0 Å². The van der Waals surface area contributed by atoms with Crippen molar-refractivity contribution in [1.29, 1.82) is 0 Å². The highest BCUT2D eigenvalue weighted by atomic mass is 35.5. The molecule has 0 aromatic heterocycles. The van der Waals surface area contributed by atoms with Crippen LogP contribution in [0.1, 0.15) is 18.9 Å². The highest BCUT2D eigenvalue weighted by Gasteiger charge is 2.32. The Hall–Kier alpha value is -1.75. The zero-order chi connectivity index (χ0) is 17.8. The third-order valence-electron chi connectivity index (χ3n) is 3.57. The zero-order valence-corrected chi connectivity index (χ0v) is 15.9. The number of nitrogens with zero attached hydrogens (tertiary/aromatic N) is 2. The number of thioether (sulfide) groups is 1. The minimum absolute atomic E-state index is 0.0486. The number of hydrogen-bond donors (Lipinski definition) is 0. The largest absolute Gasteiger partial charge is 0.286 e. The van der Waals surface area contributed by atoms with E-state index in [9.17, 15) is 4.79 Å². The van der Waals surface area contributed by atoms with Crippen molar-refractivity contribution in [3.8, 4) is 0 Å². The van der Waals surface area contributed by atoms with Crippen LogP contribution in [0.15, 0.2) is 58.4 Å². The molecule has 3 nitrogen and oxygen atoms in total. The Morgan fingerprint density at radius 1 is 1.16 bits per heavy atom. The molecule has 1 heterocycles. The van der Waals surface area contributed by atoms with E-state index in [4.69, 9.17) is 23.2 Å². The molecule has 2 aromatic carbocycles. The predicted octanol–water partition coefficient (Wildman–Crippen LogP) is 6.01. The quantitative estimate of drug-likeness (QED) is 0.598. The van der Waals surface area contributed by atoms with E-state index in [1.165, 1.54) is 11.8 Å². The molecule has 0 bridgehead atoms. The lowest BCUT2D eigenvalue weighted by Gasteiger charge is -2.13. The van der Waals surface area contributed by atoms with E-state index in [0.29, 0.717) is 26.7 Å². The maximum Gasteiger partial charge on any atom is 0.266 e. The minimum atomic E-state index is -0.0486. The van der Waals surface area contributed by atoms with Gasteiger partial charge in [-0.1, -0.05) is 54.4 Å². The Morgan fingerprint density at radius 3 is 2.60 bits per heavy atom. The molecule has 1 fully saturated rings. The molecule has 1 aliphatic rings. The molecule has 0 saturated carbocycles. The number of amidine groups is 1. The highest BCUT2D eigenvalue weighted by Crippen LogP contribution is 2.35. The average molecular weight is 391 g/mol. The normalized spacial score (nSPS) is 17.7. The van der Waals surface area contributed by atoms with Crippen molar-refractivity contribution in [1.82, 2.24) is 4.90 Å². The summed E-state index contributed by atoms with van der Waals surface area (Å²) in [4.78, 5) is 19.7. The fourth-order valence-corrected chi connectivity index (χ4v) is 3.86. The summed E-state index contributed by atoms with van der Waals surface area (Å²) in [5.41, 5.74) is 1.59. The number of amides is 1. The van der Waals surface area contributed by atoms with Crippen molar-refractivity contribution in [2.45, 2.75) is 13.3 Å². The van der Waals surface area contributed by atoms with E-state index in [2.05, 4.69) is 4.99 Å². The SMILES string of the molecule is CCCN1C(=O)/C(=C\c2ccc(Cl)cc2Cl)SC1=Nc1ccccc1. The standard InChI is InChI=1S/C19H16Cl2N2OS/c1-2-10-23-18(24)17(11-13-8-9-14(20)12-16(13)21)25-19(23)22-15-6-4-3-5-7-15/h3-9,11-12H,2,10H2,1H3/b17-11+,22-19?. The molecule has 2 aromatic rings. The van der Waals surface area contributed by atoms with Crippen molar-refractivity contribution < 1.29 is 4.79 Å². The topological polar surface area (TPSA) is 32.7 Å². The Labute approximate surface area is 161 Å². The predicted molar refractivity (Wildman–Crippen MR) is 108 cm³/mol. The van der Waals surface area contributed by atoms with Gasteiger partial charge in [0.15, 0.2) is 5.17 Å². The summed E-state index contributed by atoms with van der Waals surface area (Å²) in [6, 6.07) is 14.9. The number of carbonyl (C=O) groups excluding carboxylic acids is 1. The molecule has 1 amide bonds. The lowest BCUT2D eigenvalue weighted by molar-refractivity contribution is -0.122. The summed E-state index contributed by atoms with van der Waals surface area (Å²) < 4.78 is 0. The molecule has 1 aliphatic heterocycles. The molecule has 128 valence electrons. The first-order valence-electron chi connectivity index (χ1n) is 7.88. The van der Waals surface area contributed by atoms with E-state index in [-0.39, 0.29) is 5.91 Å². The third-order valence-corrected chi connectivity index (χ3v) is 5.13. The average Bonchev–Trinajstić information content (AvgIpc) is 2.87. The van der Waals surface area contributed by atoms with Gasteiger partial charge in [0.1, 0.15) is 0 Å². The second-order valence-corrected chi connectivity index (χ2v) is 7.32. The van der Waals surface area contributed by atoms with Crippen LogP contribution in [0, 0.1) is 0 Å². The molecule has 0 spiro atoms. The summed E-state index contributed by atoms with van der Waals surface area (Å²) in [6.45, 7) is 2.67. The number of halogens is 2. The van der Waals surface area contributed by atoms with Crippen LogP contribution in [-0.2, 0) is 4.79 Å². The number of aliphatic imine (C=N–C) groups is 1. The van der Waals surface area contributed by atoms with Crippen molar-refractivity contribution in [3.63, 3.8) is 0 Å². The Bertz CT molecular complexity index is 850. The summed E-state index contributed by atoms with van der Waals surface area (Å²) in [7, 11) is 0. The van der Waals surface area contributed by atoms with Crippen molar-refractivity contribution >= 4 is 57.8 Å². The minimum Gasteiger partial charge on any atom is -0.286 e. The first-order valence-corrected chi connectivity index (χ1v) is 9.46. The number of benzene rings is 2. The van der Waals surface area contributed by atoms with Crippen LogP contribution in [0.25, 0.3) is 6.08 Å². The fourth-order valence-electron chi connectivity index (χ4n) is 2.38. The van der Waals surface area contributed by atoms with E-state index in [1.54, 1.807) is 23.1 Å². The van der Waals surface area contributed by atoms with Crippen molar-refractivity contribution in [2.75, 3.05) is 6.54 Å². The van der Waals surface area contributed by atoms with Gasteiger partial charge >= 0.3 is 0 Å². The number of hydrogen-bond acceptors (Lipinski definition) is 3. The summed E-state index contributed by atoms with van der Waals surface area (Å²) >= 11 is 13.5. The number of carbonyl (C=O) groups is 1. The highest BCUT2D eigenvalue weighted by molar-refractivity contribution is 8.18. The first kappa shape index (κ1) is 18.1. The Kier molecular flexibility index (Phi) is 5.84. The van der Waals surface area contributed by atoms with E-state index in [0.717, 1.165) is 17.7 Å². The Balaban J connectivity index is 1.96. The molecule has 0 unspecified atom stereocenters. The number of para-hydroxylation sites is 1. The maximum atomic E-state index is 12.8. The van der Waals surface area contributed by atoms with Crippen LogP contribution in [0.5, 0.6) is 0 Å². The summed E-state index contributed by atoms with van der Waals surface area (Å²) in [5, 5.41) is 1.77. The second kappa shape index (κ2) is 8.09. The van der Waals surface area contributed by atoms with Gasteiger partial charge in [-0.05, 0) is 54.1 Å². The van der Waals surface area contributed by atoms with Crippen LogP contribution in [-0.4, -0.2) is 22.5 Å². The first-order chi connectivity index (χ1) is 12.1. The van der Waals surface area contributed by atoms with Gasteiger partial charge in [-0.3, -0.25) is 9.69 Å². The summed E-state index contributed by atoms with van der Waals surface area (Å²) in [5.74, 6) is -0.0486. The summed E-state index contributed by atoms with van der Waals surface area (Å²) in [6.07, 6.45) is 2.65. The molecular weight excluding hydrogens is 375 g/mol. The maximum absolute atomic E-state index is 12.8. The van der Waals surface area contributed by atoms with Crippen molar-refractivity contribution in [3.05, 3.63) is 69.0 Å². The molecule has 0 N–H and O–H groups in total. The lowest BCUT2D eigenvalue weighted by Crippen LogP contribution is -2.29. The third kappa shape index (κ3) is 4.27. The van der Waals surface area contributed by atoms with E-state index < -0.39 is 0 Å². The van der Waals surface area contributed by atoms with Crippen LogP contribution in [0.3, 0.4) is 0 Å². The van der Waals surface area contributed by atoms with Gasteiger partial charge < -0.3 is 0 Å². The molecule has 0 atom stereocenters. The van der Waals surface area contributed by atoms with Gasteiger partial charge in [0, 0.05) is 16.6 Å². The van der Waals surface area contributed by atoms with Gasteiger partial charge in [0.2, 0.25) is 0 Å². The van der Waals surface area contributed by atoms with Gasteiger partial charge in [0.05, 0.1) is 10.6 Å². The van der Waals surface area contributed by atoms with Crippen LogP contribution in [0.2, 0.25) is 10.0 Å². The van der Waals surface area contributed by atoms with Gasteiger partial charge in [-0.2, -0.15) is 0 Å². The number of rotatable bonds is 4. The van der Waals surface area contributed by atoms with Crippen LogP contribution >= 0.6 is 35.0 Å². The van der Waals surface area contributed by atoms with Crippen LogP contribution in [0.4, 0.5) is 5.69 Å². The lowest BCUT2D eigenvalue weighted by atomic mass is 10.2. The fraction of sp³-hybridized carbons (Fsp3) is 0.158. The van der Waals surface area contributed by atoms with E-state index in [1.807, 2.05) is 43.3 Å². The molecule has 1 saturated heterocycles. The van der Waals surface area contributed by atoms with Gasteiger partial charge in [-0.25, -0.2) is 4.99 Å². The Morgan fingerprint density at radius 2 is 1.92 bits per heavy atom. The molecule has 25 heavy (non-hydrogen) atoms. The van der Waals surface area contributed by atoms with Gasteiger partial charge in [0.25, 0.3) is 5.91 Å². The van der Waals surface area contributed by atoms with Gasteiger partial charge in [-0.15, -0.1) is 0 Å². The molecule has 6 heteroatoms. The van der Waals surface area contributed by atoms with E-state index >= 15 is 0 Å². The smallest absolute Gasteiger partial charge is 0.266 e. The van der Waals surface area contributed by atoms with Crippen molar-refractivity contribution in [2.24, 2.45) is 4.99 Å². The molecule has 3 rings (SSSR count). The molecular formula is C19H16Cl2N2OS. The molecule has 0 aliphatic carbocycles. The monoisotopic (exact) mass is 390 g/mol. The second-order valence-electron chi connectivity index (χ2n) is 5.46. The molecule has 0 radical (unpaired) electrons. The zero-order valence-electron chi connectivity index (χ0n) is 13.6.